The van der Waals surface area contributed by atoms with Crippen molar-refractivity contribution >= 4 is 29.3 Å². The molecular weight excluding hydrogens is 368 g/mol. The number of rotatable bonds is 7. The molecule has 27 heavy (non-hydrogen) atoms. The molecule has 2 atom stereocenters. The topological polar surface area (TPSA) is 66.9 Å². The van der Waals surface area contributed by atoms with Crippen LogP contribution < -0.4 is 4.74 Å². The van der Waals surface area contributed by atoms with Gasteiger partial charge in [-0.15, -0.1) is 0 Å². The molecule has 0 unspecified atom stereocenters. The molecule has 0 radical (unpaired) electrons. The van der Waals surface area contributed by atoms with Gasteiger partial charge in [-0.1, -0.05) is 24.4 Å². The summed E-state index contributed by atoms with van der Waals surface area (Å²) in [6.07, 6.45) is 3.74. The molecule has 0 N–H and O–H groups in total. The lowest BCUT2D eigenvalue weighted by Gasteiger charge is -2.20. The average molecular weight is 393 g/mol. The highest BCUT2D eigenvalue weighted by molar-refractivity contribution is 6.30. The van der Waals surface area contributed by atoms with Gasteiger partial charge in [0.15, 0.2) is 0 Å². The zero-order valence-corrected chi connectivity index (χ0v) is 16.3. The summed E-state index contributed by atoms with van der Waals surface area (Å²) in [5.41, 5.74) is 0. The highest BCUT2D eigenvalue weighted by Gasteiger charge is 2.47. The van der Waals surface area contributed by atoms with Crippen molar-refractivity contribution in [1.82, 2.24) is 9.80 Å². The zero-order valence-electron chi connectivity index (χ0n) is 15.5. The molecule has 0 spiro atoms. The number of hydrogen-bond donors (Lipinski definition) is 0. The van der Waals surface area contributed by atoms with Crippen LogP contribution in [0.3, 0.4) is 0 Å². The third kappa shape index (κ3) is 4.61. The van der Waals surface area contributed by atoms with E-state index in [-0.39, 0.29) is 42.5 Å². The van der Waals surface area contributed by atoms with Gasteiger partial charge < -0.3 is 9.64 Å². The number of likely N-dealkylation sites (tertiary alicyclic amines) is 1. The van der Waals surface area contributed by atoms with E-state index in [0.29, 0.717) is 23.9 Å². The number of nitrogens with zero attached hydrogens (tertiary/aromatic N) is 2. The molecule has 1 aromatic carbocycles. The Labute approximate surface area is 164 Å². The summed E-state index contributed by atoms with van der Waals surface area (Å²) in [5, 5.41) is 0.639. The predicted molar refractivity (Wildman–Crippen MR) is 101 cm³/mol. The molecule has 3 rings (SSSR count). The Hall–Kier alpha value is -2.08. The Balaban J connectivity index is 1.42. The smallest absolute Gasteiger partial charge is 0.233 e. The minimum atomic E-state index is -0.160. The molecule has 0 aromatic heterocycles. The normalized spacial score (nSPS) is 21.9. The van der Waals surface area contributed by atoms with Crippen LogP contribution in [-0.4, -0.2) is 54.3 Å². The zero-order chi connectivity index (χ0) is 19.4. The first-order valence-corrected chi connectivity index (χ1v) is 9.82. The molecule has 1 aromatic rings. The number of fused-ring (bicyclic) bond motifs is 1. The van der Waals surface area contributed by atoms with Crippen molar-refractivity contribution < 1.29 is 19.1 Å². The summed E-state index contributed by atoms with van der Waals surface area (Å²) in [5.74, 6) is 0.0810. The largest absolute Gasteiger partial charge is 0.492 e. The summed E-state index contributed by atoms with van der Waals surface area (Å²) in [7, 11) is 1.70. The summed E-state index contributed by atoms with van der Waals surface area (Å²) < 4.78 is 5.59. The fourth-order valence-corrected chi connectivity index (χ4v) is 3.93. The summed E-state index contributed by atoms with van der Waals surface area (Å²) >= 11 is 5.83. The lowest BCUT2D eigenvalue weighted by molar-refractivity contribution is -0.140. The van der Waals surface area contributed by atoms with Gasteiger partial charge in [-0.3, -0.25) is 19.3 Å². The number of ether oxygens (including phenoxy) is 1. The van der Waals surface area contributed by atoms with Crippen molar-refractivity contribution in [1.29, 1.82) is 0 Å². The van der Waals surface area contributed by atoms with Crippen LogP contribution >= 0.6 is 11.6 Å². The summed E-state index contributed by atoms with van der Waals surface area (Å²) in [6.45, 7) is 0.954. The minimum absolute atomic E-state index is 0.0915. The third-order valence-corrected chi connectivity index (χ3v) is 5.67. The molecule has 1 aliphatic carbocycles. The van der Waals surface area contributed by atoms with E-state index in [2.05, 4.69) is 0 Å². The van der Waals surface area contributed by atoms with Crippen molar-refractivity contribution in [3.63, 3.8) is 0 Å². The predicted octanol–water partition coefficient (Wildman–Crippen LogP) is 2.74. The van der Waals surface area contributed by atoms with E-state index < -0.39 is 0 Å². The van der Waals surface area contributed by atoms with Gasteiger partial charge in [-0.25, -0.2) is 0 Å². The van der Waals surface area contributed by atoms with Crippen LogP contribution in [0.15, 0.2) is 24.3 Å². The summed E-state index contributed by atoms with van der Waals surface area (Å²) in [4.78, 5) is 40.1. The van der Waals surface area contributed by atoms with Gasteiger partial charge in [0.1, 0.15) is 12.4 Å². The second kappa shape index (κ2) is 8.74. The highest BCUT2D eigenvalue weighted by Crippen LogP contribution is 2.37. The maximum Gasteiger partial charge on any atom is 0.233 e. The van der Waals surface area contributed by atoms with Gasteiger partial charge in [0.05, 0.1) is 18.4 Å². The average Bonchev–Trinajstić information content (AvgIpc) is 2.92. The quantitative estimate of drug-likeness (QED) is 0.669. The van der Waals surface area contributed by atoms with Crippen molar-refractivity contribution in [2.75, 3.05) is 26.7 Å². The van der Waals surface area contributed by atoms with Gasteiger partial charge in [0.2, 0.25) is 17.7 Å². The van der Waals surface area contributed by atoms with Crippen LogP contribution in [0.1, 0.15) is 32.1 Å². The maximum atomic E-state index is 12.4. The van der Waals surface area contributed by atoms with Crippen LogP contribution in [-0.2, 0) is 14.4 Å². The van der Waals surface area contributed by atoms with E-state index >= 15 is 0 Å². The fourth-order valence-electron chi connectivity index (χ4n) is 3.81. The first kappa shape index (κ1) is 19.7. The molecule has 0 bridgehead atoms. The second-order valence-electron chi connectivity index (χ2n) is 7.19. The summed E-state index contributed by atoms with van der Waals surface area (Å²) in [6, 6.07) is 7.03. The van der Waals surface area contributed by atoms with E-state index in [1.54, 1.807) is 36.2 Å². The van der Waals surface area contributed by atoms with Crippen molar-refractivity contribution in [3.05, 3.63) is 29.3 Å². The molecule has 3 amide bonds. The van der Waals surface area contributed by atoms with Crippen molar-refractivity contribution in [2.45, 2.75) is 32.1 Å². The maximum absolute atomic E-state index is 12.4. The van der Waals surface area contributed by atoms with E-state index in [1.165, 1.54) is 4.90 Å². The monoisotopic (exact) mass is 392 g/mol. The first-order valence-electron chi connectivity index (χ1n) is 9.45. The third-order valence-electron chi connectivity index (χ3n) is 5.42. The van der Waals surface area contributed by atoms with E-state index in [0.717, 1.165) is 25.7 Å². The Kier molecular flexibility index (Phi) is 6.37. The van der Waals surface area contributed by atoms with E-state index in [4.69, 9.17) is 16.3 Å². The number of carbonyl (C=O) groups excluding carboxylic acids is 3. The van der Waals surface area contributed by atoms with Crippen molar-refractivity contribution in [3.8, 4) is 5.75 Å². The van der Waals surface area contributed by atoms with Gasteiger partial charge >= 0.3 is 0 Å². The van der Waals surface area contributed by atoms with Gasteiger partial charge in [-0.2, -0.15) is 0 Å². The first-order chi connectivity index (χ1) is 13.0. The Morgan fingerprint density at radius 2 is 1.74 bits per heavy atom. The van der Waals surface area contributed by atoms with E-state index in [9.17, 15) is 14.4 Å². The lowest BCUT2D eigenvalue weighted by atomic mass is 9.81. The standard InChI is InChI=1S/C20H25ClN2O4/c1-22(12-13-27-15-8-6-14(21)7-9-15)18(24)10-11-23-19(25)16-4-2-3-5-17(16)20(23)26/h6-9,16-17H,2-5,10-13H2,1H3/t16-,17+. The molecule has 1 aliphatic heterocycles. The Morgan fingerprint density at radius 3 is 2.33 bits per heavy atom. The second-order valence-corrected chi connectivity index (χ2v) is 7.63. The number of likely N-dealkylation sites (N-methyl/N-ethyl adjacent to an activating group) is 1. The SMILES string of the molecule is CN(CCOc1ccc(Cl)cc1)C(=O)CCN1C(=O)[C@H]2CCCC[C@H]2C1=O. The molecule has 1 saturated carbocycles. The number of carbonyl (C=O) groups is 3. The fraction of sp³-hybridized carbons (Fsp3) is 0.550. The van der Waals surface area contributed by atoms with E-state index in [1.807, 2.05) is 0 Å². The highest BCUT2D eigenvalue weighted by atomic mass is 35.5. The Morgan fingerprint density at radius 1 is 1.15 bits per heavy atom. The number of benzene rings is 1. The number of imide groups is 1. The number of amides is 3. The number of halogens is 1. The lowest BCUT2D eigenvalue weighted by Crippen LogP contribution is -2.37. The molecule has 7 heteroatoms. The number of hydrogen-bond acceptors (Lipinski definition) is 4. The molecule has 146 valence electrons. The van der Waals surface area contributed by atoms with Gasteiger partial charge in [0.25, 0.3) is 0 Å². The molecule has 1 saturated heterocycles. The van der Waals surface area contributed by atoms with Crippen LogP contribution in [0.5, 0.6) is 5.75 Å². The van der Waals surface area contributed by atoms with Crippen LogP contribution in [0, 0.1) is 11.8 Å². The van der Waals surface area contributed by atoms with Crippen LogP contribution in [0.4, 0.5) is 0 Å². The Bertz CT molecular complexity index is 682. The van der Waals surface area contributed by atoms with Gasteiger partial charge in [0, 0.05) is 25.0 Å². The molecular formula is C20H25ClN2O4. The molecule has 2 aliphatic rings. The minimum Gasteiger partial charge on any atom is -0.492 e. The molecule has 1 heterocycles. The van der Waals surface area contributed by atoms with Crippen LogP contribution in [0.25, 0.3) is 0 Å². The van der Waals surface area contributed by atoms with Gasteiger partial charge in [-0.05, 0) is 37.1 Å². The van der Waals surface area contributed by atoms with Crippen molar-refractivity contribution in [2.24, 2.45) is 11.8 Å². The molecule has 2 fully saturated rings. The van der Waals surface area contributed by atoms with Crippen LogP contribution in [0.2, 0.25) is 5.02 Å². The molecule has 6 nitrogen and oxygen atoms in total.